The summed E-state index contributed by atoms with van der Waals surface area (Å²) in [4.78, 5) is 6.55. The first kappa shape index (κ1) is 21.6. The van der Waals surface area contributed by atoms with Crippen LogP contribution in [0.4, 0.5) is 5.69 Å². The lowest BCUT2D eigenvalue weighted by molar-refractivity contribution is 0.271. The molecule has 1 aromatic heterocycles. The largest absolute Gasteiger partial charge is 0.497 e. The number of benzene rings is 1. The van der Waals surface area contributed by atoms with Crippen LogP contribution in [-0.4, -0.2) is 75.3 Å². The summed E-state index contributed by atoms with van der Waals surface area (Å²) < 4.78 is 33.3. The molecule has 2 fully saturated rings. The van der Waals surface area contributed by atoms with Crippen molar-refractivity contribution >= 4 is 21.9 Å². The van der Waals surface area contributed by atoms with Crippen molar-refractivity contribution in [3.8, 4) is 5.75 Å². The van der Waals surface area contributed by atoms with Crippen LogP contribution in [-0.2, 0) is 10.0 Å². The minimum atomic E-state index is -3.53. The van der Waals surface area contributed by atoms with Gasteiger partial charge >= 0.3 is 0 Å². The molecule has 3 heterocycles. The first-order valence-corrected chi connectivity index (χ1v) is 12.1. The van der Waals surface area contributed by atoms with Gasteiger partial charge < -0.3 is 9.64 Å². The summed E-state index contributed by atoms with van der Waals surface area (Å²) in [6.45, 7) is 3.99. The lowest BCUT2D eigenvalue weighted by Crippen LogP contribution is -2.45. The summed E-state index contributed by atoms with van der Waals surface area (Å²) in [6, 6.07) is 9.57. The molecular formula is C22H29N5O3S. The van der Waals surface area contributed by atoms with Crippen LogP contribution in [0.1, 0.15) is 24.8 Å². The van der Waals surface area contributed by atoms with Crippen LogP contribution in [0.2, 0.25) is 0 Å². The Bertz CT molecular complexity index is 1010. The second kappa shape index (κ2) is 9.65. The molecular weight excluding hydrogens is 414 g/mol. The van der Waals surface area contributed by atoms with E-state index < -0.39 is 10.0 Å². The summed E-state index contributed by atoms with van der Waals surface area (Å²) >= 11 is 0. The van der Waals surface area contributed by atoms with E-state index in [1.54, 1.807) is 17.6 Å². The number of pyridine rings is 1. The van der Waals surface area contributed by atoms with E-state index >= 15 is 0 Å². The van der Waals surface area contributed by atoms with Gasteiger partial charge in [-0.25, -0.2) is 8.42 Å². The number of piperidine rings is 1. The molecule has 0 amide bonds. The van der Waals surface area contributed by atoms with Crippen LogP contribution in [0.5, 0.6) is 5.75 Å². The predicted octanol–water partition coefficient (Wildman–Crippen LogP) is 2.42. The molecule has 2 aliphatic rings. The monoisotopic (exact) mass is 443 g/mol. The molecule has 0 saturated carbocycles. The Morgan fingerprint density at radius 2 is 1.81 bits per heavy atom. The van der Waals surface area contributed by atoms with Crippen molar-refractivity contribution in [3.05, 3.63) is 48.3 Å². The van der Waals surface area contributed by atoms with Crippen molar-refractivity contribution in [2.75, 3.05) is 51.3 Å². The van der Waals surface area contributed by atoms with Gasteiger partial charge in [0.05, 0.1) is 32.1 Å². The lowest BCUT2D eigenvalue weighted by Gasteiger charge is -2.36. The molecule has 0 bridgehead atoms. The van der Waals surface area contributed by atoms with E-state index in [0.717, 1.165) is 36.3 Å². The average Bonchev–Trinajstić information content (AvgIpc) is 2.84. The number of anilines is 1. The zero-order chi connectivity index (χ0) is 21.7. The number of hydrogen-bond acceptors (Lipinski definition) is 7. The second-order valence-electron chi connectivity index (χ2n) is 7.77. The highest BCUT2D eigenvalue weighted by molar-refractivity contribution is 7.89. The van der Waals surface area contributed by atoms with Crippen molar-refractivity contribution < 1.29 is 13.2 Å². The van der Waals surface area contributed by atoms with Crippen LogP contribution in [0, 0.1) is 0 Å². The molecule has 0 N–H and O–H groups in total. The number of methoxy groups -OCH3 is 1. The number of ether oxygens (including phenoxy) is 1. The van der Waals surface area contributed by atoms with Gasteiger partial charge in [0.1, 0.15) is 10.6 Å². The van der Waals surface area contributed by atoms with Gasteiger partial charge in [-0.3, -0.25) is 9.99 Å². The average molecular weight is 444 g/mol. The van der Waals surface area contributed by atoms with Gasteiger partial charge in [-0.05, 0) is 36.6 Å². The standard InChI is InChI=1S/C22H29N5O3S/c1-30-20-7-5-6-19(16-20)17-24-26-14-12-25(13-15-26)21-8-9-23-18-22(21)31(28,29)27-10-3-2-4-11-27/h5-9,16-18H,2-4,10-15H2,1H3. The van der Waals surface area contributed by atoms with Gasteiger partial charge in [0, 0.05) is 38.6 Å². The van der Waals surface area contributed by atoms with Crippen molar-refractivity contribution in [1.29, 1.82) is 0 Å². The Labute approximate surface area is 184 Å². The number of hydrogen-bond donors (Lipinski definition) is 0. The number of sulfonamides is 1. The third kappa shape index (κ3) is 4.99. The van der Waals surface area contributed by atoms with Crippen molar-refractivity contribution in [2.45, 2.75) is 24.2 Å². The van der Waals surface area contributed by atoms with Gasteiger partial charge in [0.15, 0.2) is 0 Å². The summed E-state index contributed by atoms with van der Waals surface area (Å²) in [5, 5.41) is 6.60. The van der Waals surface area contributed by atoms with E-state index in [0.29, 0.717) is 44.2 Å². The van der Waals surface area contributed by atoms with E-state index in [1.807, 2.05) is 41.6 Å². The van der Waals surface area contributed by atoms with Gasteiger partial charge in [-0.1, -0.05) is 18.6 Å². The Kier molecular flexibility index (Phi) is 6.72. The Hall–Kier alpha value is -2.65. The third-order valence-electron chi connectivity index (χ3n) is 5.76. The molecule has 2 aliphatic heterocycles. The number of aromatic nitrogens is 1. The predicted molar refractivity (Wildman–Crippen MR) is 121 cm³/mol. The SMILES string of the molecule is COc1cccc(C=NN2CCN(c3ccncc3S(=O)(=O)N3CCCCC3)CC2)c1. The summed E-state index contributed by atoms with van der Waals surface area (Å²) in [6.07, 6.45) is 7.91. The highest BCUT2D eigenvalue weighted by atomic mass is 32.2. The van der Waals surface area contributed by atoms with Crippen LogP contribution in [0.15, 0.2) is 52.7 Å². The topological polar surface area (TPSA) is 78.3 Å². The maximum Gasteiger partial charge on any atom is 0.246 e. The van der Waals surface area contributed by atoms with Crippen LogP contribution in [0.3, 0.4) is 0 Å². The Morgan fingerprint density at radius 3 is 2.55 bits per heavy atom. The first-order valence-electron chi connectivity index (χ1n) is 10.7. The molecule has 0 aliphatic carbocycles. The number of nitrogens with zero attached hydrogens (tertiary/aromatic N) is 5. The van der Waals surface area contributed by atoms with Crippen LogP contribution in [0.25, 0.3) is 0 Å². The maximum absolute atomic E-state index is 13.2. The number of rotatable bonds is 6. The Balaban J connectivity index is 1.44. The summed E-state index contributed by atoms with van der Waals surface area (Å²) in [5.74, 6) is 0.800. The fourth-order valence-corrected chi connectivity index (χ4v) is 5.67. The fourth-order valence-electron chi connectivity index (χ4n) is 4.00. The van der Waals surface area contributed by atoms with Gasteiger partial charge in [-0.2, -0.15) is 9.41 Å². The summed E-state index contributed by atoms with van der Waals surface area (Å²) in [7, 11) is -1.89. The van der Waals surface area contributed by atoms with E-state index in [-0.39, 0.29) is 0 Å². The molecule has 0 atom stereocenters. The molecule has 0 spiro atoms. The second-order valence-corrected chi connectivity index (χ2v) is 9.68. The minimum absolute atomic E-state index is 0.310. The normalized spacial score (nSPS) is 18.5. The molecule has 31 heavy (non-hydrogen) atoms. The lowest BCUT2D eigenvalue weighted by atomic mass is 10.2. The van der Waals surface area contributed by atoms with Gasteiger partial charge in [0.2, 0.25) is 10.0 Å². The molecule has 2 saturated heterocycles. The van der Waals surface area contributed by atoms with E-state index in [4.69, 9.17) is 4.74 Å². The molecule has 0 radical (unpaired) electrons. The van der Waals surface area contributed by atoms with Crippen LogP contribution < -0.4 is 9.64 Å². The molecule has 166 valence electrons. The van der Waals surface area contributed by atoms with E-state index in [1.165, 1.54) is 6.20 Å². The Morgan fingerprint density at radius 1 is 1.03 bits per heavy atom. The van der Waals surface area contributed by atoms with Crippen molar-refractivity contribution in [2.24, 2.45) is 5.10 Å². The molecule has 0 unspecified atom stereocenters. The van der Waals surface area contributed by atoms with Crippen molar-refractivity contribution in [1.82, 2.24) is 14.3 Å². The maximum atomic E-state index is 13.2. The van der Waals surface area contributed by atoms with Crippen molar-refractivity contribution in [3.63, 3.8) is 0 Å². The fraction of sp³-hybridized carbons (Fsp3) is 0.455. The number of hydrazone groups is 1. The zero-order valence-electron chi connectivity index (χ0n) is 17.9. The van der Waals surface area contributed by atoms with Gasteiger partial charge in [0.25, 0.3) is 0 Å². The number of piperazine rings is 1. The van der Waals surface area contributed by atoms with E-state index in [2.05, 4.69) is 15.0 Å². The first-order chi connectivity index (χ1) is 15.1. The third-order valence-corrected chi connectivity index (χ3v) is 7.67. The summed E-state index contributed by atoms with van der Waals surface area (Å²) in [5.41, 5.74) is 1.71. The van der Waals surface area contributed by atoms with Gasteiger partial charge in [-0.15, -0.1) is 0 Å². The quantitative estimate of drug-likeness (QED) is 0.638. The highest BCUT2D eigenvalue weighted by Gasteiger charge is 2.30. The molecule has 1 aromatic carbocycles. The van der Waals surface area contributed by atoms with E-state index in [9.17, 15) is 8.42 Å². The highest BCUT2D eigenvalue weighted by Crippen LogP contribution is 2.29. The minimum Gasteiger partial charge on any atom is -0.497 e. The smallest absolute Gasteiger partial charge is 0.246 e. The molecule has 4 rings (SSSR count). The molecule has 8 nitrogen and oxygen atoms in total. The van der Waals surface area contributed by atoms with Crippen LogP contribution >= 0.6 is 0 Å². The molecule has 2 aromatic rings. The molecule has 9 heteroatoms. The zero-order valence-corrected chi connectivity index (χ0v) is 18.7.